The first-order valence-corrected chi connectivity index (χ1v) is 5.35. The molecule has 0 aliphatic heterocycles. The van der Waals surface area contributed by atoms with E-state index < -0.39 is 0 Å². The molecule has 0 fully saturated rings. The van der Waals surface area contributed by atoms with Gasteiger partial charge in [0.15, 0.2) is 0 Å². The number of aryl methyl sites for hydroxylation is 1. The molecule has 2 rings (SSSR count). The van der Waals surface area contributed by atoms with Gasteiger partial charge in [-0.25, -0.2) is 0 Å². The van der Waals surface area contributed by atoms with Crippen molar-refractivity contribution >= 4 is 10.9 Å². The molecule has 2 heteroatoms. The minimum Gasteiger partial charge on any atom is -0.328 e. The molecule has 0 unspecified atom stereocenters. The van der Waals surface area contributed by atoms with Gasteiger partial charge in [0, 0.05) is 17.6 Å². The van der Waals surface area contributed by atoms with E-state index in [-0.39, 0.29) is 6.04 Å². The highest BCUT2D eigenvalue weighted by Gasteiger charge is 2.02. The molecular formula is C13H16N2. The molecule has 1 aromatic heterocycles. The molecule has 0 saturated carbocycles. The minimum atomic E-state index is 0.261. The molecule has 15 heavy (non-hydrogen) atoms. The van der Waals surface area contributed by atoms with Gasteiger partial charge in [-0.15, -0.1) is 0 Å². The van der Waals surface area contributed by atoms with Gasteiger partial charge in [0.25, 0.3) is 0 Å². The van der Waals surface area contributed by atoms with Crippen molar-refractivity contribution in [3.63, 3.8) is 0 Å². The van der Waals surface area contributed by atoms with Crippen LogP contribution in [0.25, 0.3) is 10.9 Å². The number of pyridine rings is 1. The van der Waals surface area contributed by atoms with Gasteiger partial charge in [-0.3, -0.25) is 4.98 Å². The van der Waals surface area contributed by atoms with Crippen LogP contribution in [0.3, 0.4) is 0 Å². The summed E-state index contributed by atoms with van der Waals surface area (Å²) in [7, 11) is 0. The Bertz CT molecular complexity index is 444. The number of nitrogens with two attached hydrogens (primary N) is 1. The molecule has 0 aliphatic rings. The third kappa shape index (κ3) is 2.34. The molecule has 0 amide bonds. The van der Waals surface area contributed by atoms with E-state index in [1.807, 2.05) is 25.3 Å². The van der Waals surface area contributed by atoms with Crippen molar-refractivity contribution in [3.8, 4) is 0 Å². The lowest BCUT2D eigenvalue weighted by Gasteiger charge is -2.07. The van der Waals surface area contributed by atoms with Gasteiger partial charge in [-0.2, -0.15) is 0 Å². The van der Waals surface area contributed by atoms with Gasteiger partial charge in [0.1, 0.15) is 0 Å². The largest absolute Gasteiger partial charge is 0.328 e. The summed E-state index contributed by atoms with van der Waals surface area (Å²) >= 11 is 0. The zero-order chi connectivity index (χ0) is 10.7. The van der Waals surface area contributed by atoms with Crippen LogP contribution in [0.1, 0.15) is 18.9 Å². The normalized spacial score (nSPS) is 12.9. The molecule has 2 N–H and O–H groups in total. The van der Waals surface area contributed by atoms with Gasteiger partial charge in [-0.05, 0) is 37.5 Å². The number of aromatic nitrogens is 1. The highest BCUT2D eigenvalue weighted by molar-refractivity contribution is 5.81. The maximum absolute atomic E-state index is 5.77. The molecule has 1 atom stereocenters. The Kier molecular flexibility index (Phi) is 2.97. The highest BCUT2D eigenvalue weighted by atomic mass is 14.6. The Hall–Kier alpha value is -1.41. The zero-order valence-electron chi connectivity index (χ0n) is 8.98. The van der Waals surface area contributed by atoms with Crippen LogP contribution in [0.5, 0.6) is 0 Å². The van der Waals surface area contributed by atoms with Gasteiger partial charge < -0.3 is 5.73 Å². The van der Waals surface area contributed by atoms with Crippen LogP contribution in [0.2, 0.25) is 0 Å². The molecule has 0 aliphatic carbocycles. The van der Waals surface area contributed by atoms with Crippen LogP contribution in [-0.2, 0) is 6.42 Å². The fourth-order valence-electron chi connectivity index (χ4n) is 1.76. The Morgan fingerprint density at radius 2 is 2.07 bits per heavy atom. The average Bonchev–Trinajstić information content (AvgIpc) is 2.26. The maximum atomic E-state index is 5.77. The number of nitrogens with zero attached hydrogens (tertiary/aromatic N) is 1. The molecule has 0 bridgehead atoms. The maximum Gasteiger partial charge on any atom is 0.0704 e. The molecular weight excluding hydrogens is 184 g/mol. The van der Waals surface area contributed by atoms with E-state index in [9.17, 15) is 0 Å². The second-order valence-electron chi connectivity index (χ2n) is 4.00. The smallest absolute Gasteiger partial charge is 0.0704 e. The first kappa shape index (κ1) is 10.1. The number of para-hydroxylation sites is 1. The number of benzene rings is 1. The highest BCUT2D eigenvalue weighted by Crippen LogP contribution is 2.17. The van der Waals surface area contributed by atoms with Crippen LogP contribution >= 0.6 is 0 Å². The lowest BCUT2D eigenvalue weighted by molar-refractivity contribution is 0.668. The molecule has 2 nitrogen and oxygen atoms in total. The lowest BCUT2D eigenvalue weighted by Crippen LogP contribution is -2.15. The predicted octanol–water partition coefficient (Wildman–Crippen LogP) is 2.51. The van der Waals surface area contributed by atoms with E-state index in [1.165, 1.54) is 10.9 Å². The molecule has 0 spiro atoms. The summed E-state index contributed by atoms with van der Waals surface area (Å²) in [6, 6.07) is 10.6. The first-order valence-electron chi connectivity index (χ1n) is 5.35. The zero-order valence-corrected chi connectivity index (χ0v) is 8.98. The summed E-state index contributed by atoms with van der Waals surface area (Å²) in [5.41, 5.74) is 8.18. The van der Waals surface area contributed by atoms with Crippen LogP contribution in [0.4, 0.5) is 0 Å². The SMILES string of the molecule is C[C@@H](N)CCc1ccnc2ccccc12. The Morgan fingerprint density at radius 1 is 1.27 bits per heavy atom. The number of fused-ring (bicyclic) bond motifs is 1. The Balaban J connectivity index is 2.34. The van der Waals surface area contributed by atoms with Crippen molar-refractivity contribution in [1.82, 2.24) is 4.98 Å². The van der Waals surface area contributed by atoms with E-state index >= 15 is 0 Å². The molecule has 78 valence electrons. The summed E-state index contributed by atoms with van der Waals surface area (Å²) in [5.74, 6) is 0. The average molecular weight is 200 g/mol. The number of rotatable bonds is 3. The number of hydrogen-bond acceptors (Lipinski definition) is 2. The van der Waals surface area contributed by atoms with Gasteiger partial charge in [0.2, 0.25) is 0 Å². The van der Waals surface area contributed by atoms with Crippen molar-refractivity contribution in [2.24, 2.45) is 5.73 Å². The summed E-state index contributed by atoms with van der Waals surface area (Å²) < 4.78 is 0. The van der Waals surface area contributed by atoms with Crippen molar-refractivity contribution < 1.29 is 0 Å². The van der Waals surface area contributed by atoms with Crippen LogP contribution in [-0.4, -0.2) is 11.0 Å². The molecule has 1 aromatic carbocycles. The van der Waals surface area contributed by atoms with Gasteiger partial charge in [0.05, 0.1) is 5.52 Å². The van der Waals surface area contributed by atoms with E-state index in [1.54, 1.807) is 0 Å². The summed E-state index contributed by atoms with van der Waals surface area (Å²) in [4.78, 5) is 4.34. The second-order valence-corrected chi connectivity index (χ2v) is 4.00. The molecule has 2 aromatic rings. The molecule has 0 radical (unpaired) electrons. The van der Waals surface area contributed by atoms with E-state index in [2.05, 4.69) is 23.2 Å². The van der Waals surface area contributed by atoms with Gasteiger partial charge in [-0.1, -0.05) is 18.2 Å². The monoisotopic (exact) mass is 200 g/mol. The van der Waals surface area contributed by atoms with Crippen LogP contribution in [0.15, 0.2) is 36.5 Å². The third-order valence-corrected chi connectivity index (χ3v) is 2.61. The molecule has 1 heterocycles. The minimum absolute atomic E-state index is 0.261. The van der Waals surface area contributed by atoms with Crippen LogP contribution < -0.4 is 5.73 Å². The summed E-state index contributed by atoms with van der Waals surface area (Å²) in [6.45, 7) is 2.05. The van der Waals surface area contributed by atoms with E-state index in [0.29, 0.717) is 0 Å². The van der Waals surface area contributed by atoms with Crippen LogP contribution in [0, 0.1) is 0 Å². The topological polar surface area (TPSA) is 38.9 Å². The fraction of sp³-hybridized carbons (Fsp3) is 0.308. The first-order chi connectivity index (χ1) is 7.27. The quantitative estimate of drug-likeness (QED) is 0.826. The Labute approximate surface area is 90.1 Å². The van der Waals surface area contributed by atoms with Gasteiger partial charge >= 0.3 is 0 Å². The molecule has 0 saturated heterocycles. The predicted molar refractivity (Wildman–Crippen MR) is 63.7 cm³/mol. The Morgan fingerprint density at radius 3 is 2.87 bits per heavy atom. The standard InChI is InChI=1S/C13H16N2/c1-10(14)6-7-11-8-9-15-13-5-3-2-4-12(11)13/h2-5,8-10H,6-7,14H2,1H3/t10-/m1/s1. The third-order valence-electron chi connectivity index (χ3n) is 2.61. The van der Waals surface area contributed by atoms with Crippen molar-refractivity contribution in [2.75, 3.05) is 0 Å². The number of hydrogen-bond donors (Lipinski definition) is 1. The van der Waals surface area contributed by atoms with Crippen molar-refractivity contribution in [1.29, 1.82) is 0 Å². The lowest BCUT2D eigenvalue weighted by atomic mass is 10.0. The second kappa shape index (κ2) is 4.41. The van der Waals surface area contributed by atoms with E-state index in [4.69, 9.17) is 5.73 Å². The van der Waals surface area contributed by atoms with Crippen molar-refractivity contribution in [2.45, 2.75) is 25.8 Å². The van der Waals surface area contributed by atoms with E-state index in [0.717, 1.165) is 18.4 Å². The summed E-state index contributed by atoms with van der Waals surface area (Å²) in [6.07, 6.45) is 3.92. The fourth-order valence-corrected chi connectivity index (χ4v) is 1.76. The van der Waals surface area contributed by atoms with Crippen molar-refractivity contribution in [3.05, 3.63) is 42.1 Å². The summed E-state index contributed by atoms with van der Waals surface area (Å²) in [5, 5.41) is 1.25.